The first-order valence-electron chi connectivity index (χ1n) is 5.19. The van der Waals surface area contributed by atoms with Gasteiger partial charge in [-0.1, -0.05) is 0 Å². The fraction of sp³-hybridized carbons (Fsp3) is 0.500. The summed E-state index contributed by atoms with van der Waals surface area (Å²) in [6, 6.07) is 10.8. The van der Waals surface area contributed by atoms with E-state index in [-0.39, 0.29) is 0 Å². The van der Waals surface area contributed by atoms with Crippen molar-refractivity contribution >= 4 is 19.4 Å². The van der Waals surface area contributed by atoms with Gasteiger partial charge < -0.3 is 0 Å². The average molecular weight is 255 g/mol. The third-order valence-electron chi connectivity index (χ3n) is 2.57. The van der Waals surface area contributed by atoms with Crippen LogP contribution in [-0.2, 0) is 4.74 Å². The minimum absolute atomic E-state index is 0.462. The van der Waals surface area contributed by atoms with E-state index in [2.05, 4.69) is 37.3 Å². The fourth-order valence-electron chi connectivity index (χ4n) is 1.72. The van der Waals surface area contributed by atoms with Gasteiger partial charge in [0.15, 0.2) is 0 Å². The normalized spacial score (nSPS) is 27.5. The molecule has 1 aliphatic heterocycles. The van der Waals surface area contributed by atoms with Crippen LogP contribution in [0, 0.1) is 0 Å². The predicted octanol–water partition coefficient (Wildman–Crippen LogP) is 2.00. The van der Waals surface area contributed by atoms with Gasteiger partial charge in [-0.2, -0.15) is 0 Å². The summed E-state index contributed by atoms with van der Waals surface area (Å²) >= 11 is 0.584. The molecule has 2 atom stereocenters. The predicted molar refractivity (Wildman–Crippen MR) is 60.2 cm³/mol. The Morgan fingerprint density at radius 2 is 2.07 bits per heavy atom. The first-order valence-corrected chi connectivity index (χ1v) is 7.04. The Morgan fingerprint density at radius 3 is 2.79 bits per heavy atom. The summed E-state index contributed by atoms with van der Waals surface area (Å²) in [5.41, 5.74) is 0. The molecule has 1 aliphatic rings. The maximum atomic E-state index is 5.68. The molecule has 2 heteroatoms. The quantitative estimate of drug-likeness (QED) is 0.734. The molecule has 1 saturated heterocycles. The minimum atomic E-state index is 0.462. The van der Waals surface area contributed by atoms with Crippen LogP contribution < -0.4 is 4.46 Å². The van der Waals surface area contributed by atoms with Crippen molar-refractivity contribution in [3.8, 4) is 0 Å². The Kier molecular flexibility index (Phi) is 3.63. The van der Waals surface area contributed by atoms with Gasteiger partial charge in [0.05, 0.1) is 0 Å². The molecule has 76 valence electrons. The van der Waals surface area contributed by atoms with Crippen molar-refractivity contribution in [2.24, 2.45) is 0 Å². The zero-order valence-corrected chi connectivity index (χ0v) is 10.2. The molecule has 1 heterocycles. The van der Waals surface area contributed by atoms with Gasteiger partial charge in [-0.3, -0.25) is 0 Å². The second kappa shape index (κ2) is 4.97. The average Bonchev–Trinajstić information content (AvgIpc) is 2.23. The summed E-state index contributed by atoms with van der Waals surface area (Å²) in [6.45, 7) is 3.18. The van der Waals surface area contributed by atoms with Crippen molar-refractivity contribution < 1.29 is 4.74 Å². The molecule has 0 aliphatic carbocycles. The Bertz CT molecular complexity index is 273. The summed E-state index contributed by atoms with van der Waals surface area (Å²) in [5, 5.41) is 0. The van der Waals surface area contributed by atoms with E-state index in [0.717, 1.165) is 11.4 Å². The second-order valence-electron chi connectivity index (χ2n) is 3.69. The van der Waals surface area contributed by atoms with Crippen LogP contribution >= 0.6 is 0 Å². The van der Waals surface area contributed by atoms with Gasteiger partial charge in [0.2, 0.25) is 0 Å². The van der Waals surface area contributed by atoms with E-state index in [1.165, 1.54) is 17.3 Å². The van der Waals surface area contributed by atoms with Gasteiger partial charge in [-0.25, -0.2) is 0 Å². The van der Waals surface area contributed by atoms with Crippen molar-refractivity contribution in [2.75, 3.05) is 6.61 Å². The zero-order chi connectivity index (χ0) is 9.80. The van der Waals surface area contributed by atoms with Gasteiger partial charge in [-0.05, 0) is 0 Å². The van der Waals surface area contributed by atoms with E-state index in [0.29, 0.717) is 21.1 Å². The summed E-state index contributed by atoms with van der Waals surface area (Å²) in [5.74, 6) is 0. The van der Waals surface area contributed by atoms with E-state index < -0.39 is 0 Å². The molecule has 0 N–H and O–H groups in total. The molecule has 0 bridgehead atoms. The molecule has 0 radical (unpaired) electrons. The number of rotatable bonds is 2. The molecule has 1 aromatic carbocycles. The van der Waals surface area contributed by atoms with Crippen LogP contribution in [-0.4, -0.2) is 27.7 Å². The van der Waals surface area contributed by atoms with Crippen LogP contribution in [0.15, 0.2) is 30.3 Å². The Labute approximate surface area is 92.0 Å². The Hall–Kier alpha value is -0.301. The molecule has 1 fully saturated rings. The van der Waals surface area contributed by atoms with E-state index in [9.17, 15) is 0 Å². The Balaban J connectivity index is 1.96. The van der Waals surface area contributed by atoms with Crippen LogP contribution in [0.3, 0.4) is 0 Å². The van der Waals surface area contributed by atoms with Gasteiger partial charge in [-0.15, -0.1) is 0 Å². The first kappa shape index (κ1) is 10.2. The molecule has 0 spiro atoms. The van der Waals surface area contributed by atoms with E-state index in [1.54, 1.807) is 0 Å². The zero-order valence-electron chi connectivity index (χ0n) is 8.48. The SMILES string of the molecule is C[C@H]1OCCC[C@H]1[Se]c1ccccc1. The van der Waals surface area contributed by atoms with Crippen LogP contribution in [0.25, 0.3) is 0 Å². The maximum absolute atomic E-state index is 5.68. The van der Waals surface area contributed by atoms with Crippen LogP contribution in [0.2, 0.25) is 4.82 Å². The van der Waals surface area contributed by atoms with Crippen molar-refractivity contribution in [1.29, 1.82) is 0 Å². The first-order chi connectivity index (χ1) is 6.86. The van der Waals surface area contributed by atoms with E-state index in [1.807, 2.05) is 0 Å². The molecule has 14 heavy (non-hydrogen) atoms. The number of hydrogen-bond donors (Lipinski definition) is 0. The number of hydrogen-bond acceptors (Lipinski definition) is 1. The van der Waals surface area contributed by atoms with Crippen molar-refractivity contribution in [3.05, 3.63) is 30.3 Å². The van der Waals surface area contributed by atoms with Crippen molar-refractivity contribution in [3.63, 3.8) is 0 Å². The molecule has 0 amide bonds. The number of benzene rings is 1. The van der Waals surface area contributed by atoms with Gasteiger partial charge in [0.1, 0.15) is 0 Å². The second-order valence-corrected chi connectivity index (χ2v) is 6.44. The molecule has 1 aromatic rings. The topological polar surface area (TPSA) is 9.23 Å². The summed E-state index contributed by atoms with van der Waals surface area (Å²) in [4.78, 5) is 0.777. The van der Waals surface area contributed by atoms with Crippen LogP contribution in [0.1, 0.15) is 19.8 Å². The molecule has 2 rings (SSSR count). The standard InChI is InChI=1S/C12H16OSe/c1-10-12(8-5-9-13-10)14-11-6-3-2-4-7-11/h2-4,6-7,10,12H,5,8-9H2,1H3/t10-,12-/m1/s1. The molecule has 1 nitrogen and oxygen atoms in total. The van der Waals surface area contributed by atoms with Crippen LogP contribution in [0.5, 0.6) is 0 Å². The molecular weight excluding hydrogens is 239 g/mol. The van der Waals surface area contributed by atoms with E-state index >= 15 is 0 Å². The summed E-state index contributed by atoms with van der Waals surface area (Å²) < 4.78 is 7.18. The number of ether oxygens (including phenoxy) is 1. The molecular formula is C12H16OSe. The van der Waals surface area contributed by atoms with E-state index in [4.69, 9.17) is 4.74 Å². The van der Waals surface area contributed by atoms with Gasteiger partial charge in [0, 0.05) is 0 Å². The summed E-state index contributed by atoms with van der Waals surface area (Å²) in [6.07, 6.45) is 3.04. The fourth-order valence-corrected chi connectivity index (χ4v) is 4.28. The molecule has 0 saturated carbocycles. The third-order valence-corrected chi connectivity index (χ3v) is 5.64. The monoisotopic (exact) mass is 256 g/mol. The van der Waals surface area contributed by atoms with Crippen LogP contribution in [0.4, 0.5) is 0 Å². The van der Waals surface area contributed by atoms with Crippen molar-refractivity contribution in [2.45, 2.75) is 30.7 Å². The summed E-state index contributed by atoms with van der Waals surface area (Å²) in [7, 11) is 0. The third kappa shape index (κ3) is 2.60. The molecule has 0 unspecified atom stereocenters. The van der Waals surface area contributed by atoms with Gasteiger partial charge in [0.25, 0.3) is 0 Å². The van der Waals surface area contributed by atoms with Gasteiger partial charge >= 0.3 is 91.8 Å². The van der Waals surface area contributed by atoms with Crippen molar-refractivity contribution in [1.82, 2.24) is 0 Å². The Morgan fingerprint density at radius 1 is 1.29 bits per heavy atom. The molecule has 0 aromatic heterocycles.